The van der Waals surface area contributed by atoms with Crippen LogP contribution in [-0.2, 0) is 24.9 Å². The Kier molecular flexibility index (Phi) is 11.2. The number of carbonyl (C=O) groups excluding carboxylic acids is 1. The number of benzene rings is 5. The second-order valence-electron chi connectivity index (χ2n) is 13.9. The van der Waals surface area contributed by atoms with E-state index in [2.05, 4.69) is 66.7 Å². The van der Waals surface area contributed by atoms with Gasteiger partial charge in [-0.15, -0.1) is 23.8 Å². The molecule has 1 N–H and O–H groups in total. The van der Waals surface area contributed by atoms with Gasteiger partial charge in [0.05, 0.1) is 0 Å². The van der Waals surface area contributed by atoms with E-state index in [0.717, 1.165) is 55.2 Å². The van der Waals surface area contributed by atoms with Crippen molar-refractivity contribution in [1.29, 1.82) is 0 Å². The maximum atomic E-state index is 14.6. The molecule has 247 valence electrons. The average Bonchev–Trinajstić information content (AvgIpc) is 3.04. The van der Waals surface area contributed by atoms with Crippen LogP contribution in [0.15, 0.2) is 121 Å². The first-order valence-electron chi connectivity index (χ1n) is 15.8. The molecule has 0 fully saturated rings. The van der Waals surface area contributed by atoms with Crippen molar-refractivity contribution in [3.63, 3.8) is 0 Å². The minimum atomic E-state index is -0.417. The zero-order chi connectivity index (χ0) is 33.9. The molecule has 0 unspecified atom stereocenters. The number of aryl methyl sites for hydroxylation is 1. The van der Waals surface area contributed by atoms with Gasteiger partial charge in [0.2, 0.25) is 0 Å². The second-order valence-corrected chi connectivity index (χ2v) is 13.9. The molecule has 0 aliphatic carbocycles. The van der Waals surface area contributed by atoms with Gasteiger partial charge in [0.25, 0.3) is 0 Å². The Balaban J connectivity index is 0.000000319. The number of rotatable bonds is 4. The predicted molar refractivity (Wildman–Crippen MR) is 194 cm³/mol. The number of halogens is 1. The van der Waals surface area contributed by atoms with E-state index in [9.17, 15) is 14.3 Å². The van der Waals surface area contributed by atoms with Gasteiger partial charge in [-0.1, -0.05) is 137 Å². The van der Waals surface area contributed by atoms with Crippen LogP contribution in [0.5, 0.6) is 0 Å². The van der Waals surface area contributed by atoms with Crippen molar-refractivity contribution in [2.45, 2.75) is 48.5 Å². The molecule has 1 heterocycles. The number of carbonyl (C=O) groups is 1. The largest absolute Gasteiger partial charge is 0.512 e. The van der Waals surface area contributed by atoms with Gasteiger partial charge in [-0.2, -0.15) is 0 Å². The summed E-state index contributed by atoms with van der Waals surface area (Å²) in [5.74, 6) is -0.0900. The number of pyridine rings is 1. The van der Waals surface area contributed by atoms with Crippen LogP contribution < -0.4 is 0 Å². The van der Waals surface area contributed by atoms with E-state index in [4.69, 9.17) is 4.98 Å². The van der Waals surface area contributed by atoms with Crippen LogP contribution in [0.25, 0.3) is 55.1 Å². The first kappa shape index (κ1) is 36.4. The van der Waals surface area contributed by atoms with Crippen molar-refractivity contribution in [1.82, 2.24) is 4.98 Å². The number of hydrogen-bond donors (Lipinski definition) is 1. The summed E-state index contributed by atoms with van der Waals surface area (Å²) in [7, 11) is 0. The molecule has 0 spiro atoms. The zero-order valence-corrected chi connectivity index (χ0v) is 30.9. The van der Waals surface area contributed by atoms with E-state index >= 15 is 0 Å². The molecule has 6 aromatic rings. The van der Waals surface area contributed by atoms with Crippen LogP contribution in [-0.4, -0.2) is 15.9 Å². The fourth-order valence-corrected chi connectivity index (χ4v) is 5.41. The van der Waals surface area contributed by atoms with E-state index in [0.29, 0.717) is 5.39 Å². The molecule has 48 heavy (non-hydrogen) atoms. The quantitative estimate of drug-likeness (QED) is 0.0835. The summed E-state index contributed by atoms with van der Waals surface area (Å²) in [6.45, 7) is 13.1. The Morgan fingerprint density at radius 3 is 1.94 bits per heavy atom. The van der Waals surface area contributed by atoms with Gasteiger partial charge in [-0.25, -0.2) is 4.39 Å². The molecule has 0 aliphatic rings. The molecule has 0 saturated carbocycles. The zero-order valence-electron chi connectivity index (χ0n) is 28.5. The van der Waals surface area contributed by atoms with E-state index in [1.54, 1.807) is 12.3 Å². The Morgan fingerprint density at radius 2 is 1.35 bits per heavy atom. The summed E-state index contributed by atoms with van der Waals surface area (Å²) in [6.07, 6.45) is 3.14. The smallest absolute Gasteiger partial charge is 0.164 e. The number of ketones is 1. The van der Waals surface area contributed by atoms with Gasteiger partial charge in [0.15, 0.2) is 5.78 Å². The Morgan fingerprint density at radius 1 is 0.750 bits per heavy atom. The molecule has 5 heteroatoms. The number of nitrogens with zero attached hydrogens (tertiary/aromatic N) is 1. The third kappa shape index (κ3) is 7.98. The SMILES string of the molecule is CC(C)(C)C(=O)/C=C(\O)C(C)(C)C.Cc1cc2c(-c3[c-]cc(-c4ccccc4)c(-c4ccccc4)c3)nccc2c2cccc(F)c12.[Ir]. The number of hydrogen-bond acceptors (Lipinski definition) is 3. The first-order chi connectivity index (χ1) is 22.3. The van der Waals surface area contributed by atoms with Crippen molar-refractivity contribution < 1.29 is 34.4 Å². The van der Waals surface area contributed by atoms with E-state index < -0.39 is 5.41 Å². The Labute approximate surface area is 296 Å². The summed E-state index contributed by atoms with van der Waals surface area (Å²) < 4.78 is 14.6. The summed E-state index contributed by atoms with van der Waals surface area (Å²) >= 11 is 0. The average molecular weight is 815 g/mol. The molecule has 6 rings (SSSR count). The van der Waals surface area contributed by atoms with Crippen LogP contribution in [0.3, 0.4) is 0 Å². The monoisotopic (exact) mass is 815 g/mol. The normalized spacial score (nSPS) is 11.9. The third-order valence-electron chi connectivity index (χ3n) is 8.20. The predicted octanol–water partition coefficient (Wildman–Crippen LogP) is 11.7. The number of fused-ring (bicyclic) bond motifs is 3. The summed E-state index contributed by atoms with van der Waals surface area (Å²) in [4.78, 5) is 16.2. The van der Waals surface area contributed by atoms with E-state index in [1.165, 1.54) is 12.1 Å². The summed E-state index contributed by atoms with van der Waals surface area (Å²) in [6, 6.07) is 37.8. The van der Waals surface area contributed by atoms with Crippen LogP contribution in [0.1, 0.15) is 47.1 Å². The standard InChI is InChI=1S/C32H21FN.C11H20O2.Ir/c1-21-19-29-26(27-13-8-14-30(33)31(21)27)17-18-34-32(29)24-15-16-25(22-9-4-2-5-10-22)28(20-24)23-11-6-3-7-12-23;1-10(2,3)8(12)7-9(13)11(4,5)6;/h2-14,16-20H,1H3;7,12H,1-6H3;/q-1;;/b;8-7-;. The van der Waals surface area contributed by atoms with Crippen molar-refractivity contribution in [2.75, 3.05) is 0 Å². The minimum Gasteiger partial charge on any atom is -0.512 e. The molecular weight excluding hydrogens is 774 g/mol. The molecule has 0 bridgehead atoms. The van der Waals surface area contributed by atoms with Crippen LogP contribution in [0.4, 0.5) is 4.39 Å². The Hall–Kier alpha value is -4.44. The van der Waals surface area contributed by atoms with Crippen molar-refractivity contribution in [2.24, 2.45) is 10.8 Å². The first-order valence-corrected chi connectivity index (χ1v) is 15.8. The van der Waals surface area contributed by atoms with Crippen molar-refractivity contribution in [3.8, 4) is 33.5 Å². The molecule has 5 aromatic carbocycles. The van der Waals surface area contributed by atoms with Crippen LogP contribution in [0.2, 0.25) is 0 Å². The van der Waals surface area contributed by atoms with E-state index in [1.807, 2.05) is 78.8 Å². The topological polar surface area (TPSA) is 50.2 Å². The number of allylic oxidation sites excluding steroid dienone is 2. The number of aromatic nitrogens is 1. The molecule has 1 radical (unpaired) electrons. The fraction of sp³-hybridized carbons (Fsp3) is 0.209. The number of aliphatic hydroxyl groups is 1. The van der Waals surface area contributed by atoms with Gasteiger partial charge in [-0.05, 0) is 52.0 Å². The molecule has 0 aliphatic heterocycles. The fourth-order valence-electron chi connectivity index (χ4n) is 5.41. The van der Waals surface area contributed by atoms with Gasteiger partial charge in [0, 0.05) is 48.6 Å². The molecule has 0 amide bonds. The van der Waals surface area contributed by atoms with Gasteiger partial charge < -0.3 is 10.1 Å². The maximum absolute atomic E-state index is 14.6. The van der Waals surface area contributed by atoms with Crippen LogP contribution >= 0.6 is 0 Å². The second kappa shape index (κ2) is 14.8. The van der Waals surface area contributed by atoms with Gasteiger partial charge >= 0.3 is 0 Å². The third-order valence-corrected chi connectivity index (χ3v) is 8.20. The summed E-state index contributed by atoms with van der Waals surface area (Å²) in [5, 5.41) is 13.1. The molecular formula is C43H41FIrNO2-. The van der Waals surface area contributed by atoms with Crippen molar-refractivity contribution >= 4 is 27.3 Å². The number of aliphatic hydroxyl groups excluding tert-OH is 1. The summed E-state index contributed by atoms with van der Waals surface area (Å²) in [5.41, 5.74) is 6.44. The maximum Gasteiger partial charge on any atom is 0.164 e. The van der Waals surface area contributed by atoms with E-state index in [-0.39, 0.29) is 42.9 Å². The van der Waals surface area contributed by atoms with Gasteiger partial charge in [0.1, 0.15) is 11.6 Å². The van der Waals surface area contributed by atoms with Gasteiger partial charge in [-0.3, -0.25) is 4.79 Å². The molecule has 0 atom stereocenters. The Bertz CT molecular complexity index is 2090. The van der Waals surface area contributed by atoms with Crippen molar-refractivity contribution in [3.05, 3.63) is 139 Å². The minimum absolute atomic E-state index is 0. The molecule has 0 saturated heterocycles. The van der Waals surface area contributed by atoms with Crippen LogP contribution in [0, 0.1) is 29.6 Å². The molecule has 3 nitrogen and oxygen atoms in total. The molecule has 1 aromatic heterocycles.